The zero-order valence-electron chi connectivity index (χ0n) is 32.3. The zero-order valence-corrected chi connectivity index (χ0v) is 32.3. The van der Waals surface area contributed by atoms with Crippen LogP contribution in [0.4, 0.5) is 4.79 Å². The minimum Gasteiger partial charge on any atom is -0.458 e. The summed E-state index contributed by atoms with van der Waals surface area (Å²) in [6.07, 6.45) is -0.617. The number of nitrogens with zero attached hydrogens (tertiary/aromatic N) is 2. The summed E-state index contributed by atoms with van der Waals surface area (Å²) in [5, 5.41) is 14.4. The Bertz CT molecular complexity index is 1110. The number of likely N-dealkylation sites (N-methyl/N-ethyl adjacent to an activating group) is 1. The van der Waals surface area contributed by atoms with Crippen molar-refractivity contribution in [2.75, 3.05) is 33.8 Å². The molecule has 0 bridgehead atoms. The molecule has 3 aliphatic heterocycles. The molecule has 3 fully saturated rings. The van der Waals surface area contributed by atoms with Gasteiger partial charge in [0.15, 0.2) is 11.9 Å². The topological polar surface area (TPSA) is 136 Å². The average molecular weight is 698 g/mol. The van der Waals surface area contributed by atoms with Gasteiger partial charge >= 0.3 is 12.1 Å². The lowest BCUT2D eigenvalue weighted by Crippen LogP contribution is -2.61. The molecule has 12 heteroatoms. The van der Waals surface area contributed by atoms with Gasteiger partial charge in [-0.05, 0) is 79.3 Å². The second kappa shape index (κ2) is 17.6. The number of alkyl carbamates (subject to hydrolysis) is 1. The summed E-state index contributed by atoms with van der Waals surface area (Å²) in [4.78, 5) is 42.8. The number of rotatable bonds is 15. The number of ketones is 1. The fourth-order valence-corrected chi connectivity index (χ4v) is 8.32. The Labute approximate surface area is 295 Å². The highest BCUT2D eigenvalue weighted by molar-refractivity contribution is 5.81. The fraction of sp³-hybridized carbons (Fsp3) is 0.919. The maximum absolute atomic E-state index is 13.4. The summed E-state index contributed by atoms with van der Waals surface area (Å²) in [6, 6.07) is -0.738. The Hall–Kier alpha value is -1.83. The maximum Gasteiger partial charge on any atom is 0.408 e. The van der Waals surface area contributed by atoms with E-state index >= 15 is 0 Å². The Morgan fingerprint density at radius 3 is 2.37 bits per heavy atom. The lowest BCUT2D eigenvalue weighted by molar-refractivity contribution is -0.298. The molecule has 0 radical (unpaired) electrons. The van der Waals surface area contributed by atoms with E-state index in [9.17, 15) is 19.5 Å². The van der Waals surface area contributed by atoms with Crippen molar-refractivity contribution < 1.29 is 43.2 Å². The van der Waals surface area contributed by atoms with E-state index in [0.29, 0.717) is 51.2 Å². The molecule has 3 aliphatic rings. The molecule has 3 heterocycles. The van der Waals surface area contributed by atoms with Gasteiger partial charge in [-0.3, -0.25) is 14.5 Å². The molecule has 0 aromatic carbocycles. The number of amides is 1. The first-order valence-corrected chi connectivity index (χ1v) is 18.6. The molecular formula is C37H67N3O9. The highest BCUT2D eigenvalue weighted by atomic mass is 16.7. The number of esters is 1. The number of hydrogen-bond donors (Lipinski definition) is 2. The Balaban J connectivity index is 1.89. The second-order valence-corrected chi connectivity index (χ2v) is 16.0. The molecular weight excluding hydrogens is 630 g/mol. The van der Waals surface area contributed by atoms with Crippen molar-refractivity contribution in [1.82, 2.24) is 15.1 Å². The molecule has 3 saturated heterocycles. The van der Waals surface area contributed by atoms with Crippen molar-refractivity contribution >= 4 is 17.8 Å². The normalized spacial score (nSPS) is 36.2. The molecule has 284 valence electrons. The van der Waals surface area contributed by atoms with Crippen molar-refractivity contribution in [2.45, 2.75) is 168 Å². The molecule has 49 heavy (non-hydrogen) atoms. The summed E-state index contributed by atoms with van der Waals surface area (Å²) in [5.41, 5.74) is -1.90. The fourth-order valence-electron chi connectivity index (χ4n) is 8.32. The molecule has 3 rings (SSSR count). The number of carbonyl (C=O) groups is 3. The number of ether oxygens (including phenoxy) is 5. The first-order chi connectivity index (χ1) is 22.9. The third-order valence-electron chi connectivity index (χ3n) is 10.9. The third-order valence-corrected chi connectivity index (χ3v) is 10.9. The summed E-state index contributed by atoms with van der Waals surface area (Å²) in [7, 11) is 3.88. The average Bonchev–Trinajstić information content (AvgIpc) is 3.33. The minimum atomic E-state index is -1.06. The Morgan fingerprint density at radius 2 is 1.78 bits per heavy atom. The summed E-state index contributed by atoms with van der Waals surface area (Å²) < 4.78 is 31.2. The highest BCUT2D eigenvalue weighted by Gasteiger charge is 2.55. The van der Waals surface area contributed by atoms with Crippen molar-refractivity contribution in [3.05, 3.63) is 0 Å². The van der Waals surface area contributed by atoms with Crippen LogP contribution in [0.1, 0.15) is 108 Å². The molecule has 12 atom stereocenters. The van der Waals surface area contributed by atoms with Crippen molar-refractivity contribution in [3.8, 4) is 0 Å². The van der Waals surface area contributed by atoms with Gasteiger partial charge in [0.1, 0.15) is 18.0 Å². The number of cyclic esters (lactones) is 1. The monoisotopic (exact) mass is 697 g/mol. The highest BCUT2D eigenvalue weighted by Crippen LogP contribution is 2.39. The van der Waals surface area contributed by atoms with Gasteiger partial charge in [-0.25, -0.2) is 4.79 Å². The van der Waals surface area contributed by atoms with E-state index in [1.807, 2.05) is 53.6 Å². The van der Waals surface area contributed by atoms with E-state index in [2.05, 4.69) is 37.9 Å². The van der Waals surface area contributed by atoms with E-state index in [-0.39, 0.29) is 42.3 Å². The van der Waals surface area contributed by atoms with Gasteiger partial charge in [-0.2, -0.15) is 0 Å². The van der Waals surface area contributed by atoms with Gasteiger partial charge < -0.3 is 39.0 Å². The predicted molar refractivity (Wildman–Crippen MR) is 187 cm³/mol. The van der Waals surface area contributed by atoms with Gasteiger partial charge in [0.25, 0.3) is 0 Å². The lowest BCUT2D eigenvalue weighted by Gasteiger charge is -2.48. The third kappa shape index (κ3) is 10.2. The van der Waals surface area contributed by atoms with Crippen LogP contribution >= 0.6 is 0 Å². The van der Waals surface area contributed by atoms with Gasteiger partial charge in [0.05, 0.1) is 23.9 Å². The predicted octanol–water partition coefficient (Wildman–Crippen LogP) is 4.54. The number of nitrogens with one attached hydrogen (secondary N) is 1. The van der Waals surface area contributed by atoms with Crippen LogP contribution in [0.15, 0.2) is 0 Å². The SMILES string of the molecule is CCC(=O)O[C@H](CC)[C@@]1(C)OC(=O)N[C@@H]1[C@@H](C)N(CC(C)C)C[C@H](C)CC1(C)OCCCC(=O)[C@H](C)[C@H]1O[C@@H]1OC(C)CC(N(C)C)C1O. The summed E-state index contributed by atoms with van der Waals surface area (Å²) in [6.45, 7) is 21.9. The molecule has 2 N–H and O–H groups in total. The van der Waals surface area contributed by atoms with Crippen LogP contribution in [0.3, 0.4) is 0 Å². The van der Waals surface area contributed by atoms with Gasteiger partial charge in [0.2, 0.25) is 0 Å². The largest absolute Gasteiger partial charge is 0.458 e. The first-order valence-electron chi connectivity index (χ1n) is 18.6. The van der Waals surface area contributed by atoms with Gasteiger partial charge in [-0.1, -0.05) is 41.5 Å². The van der Waals surface area contributed by atoms with Crippen molar-refractivity contribution in [2.24, 2.45) is 17.8 Å². The molecule has 0 spiro atoms. The number of carbonyl (C=O) groups excluding carboxylic acids is 3. The van der Waals surface area contributed by atoms with E-state index < -0.39 is 53.9 Å². The van der Waals surface area contributed by atoms with Crippen LogP contribution in [0.25, 0.3) is 0 Å². The minimum absolute atomic E-state index is 0.0776. The van der Waals surface area contributed by atoms with E-state index in [1.165, 1.54) is 0 Å². The summed E-state index contributed by atoms with van der Waals surface area (Å²) >= 11 is 0. The second-order valence-electron chi connectivity index (χ2n) is 16.0. The van der Waals surface area contributed by atoms with Crippen LogP contribution in [0.5, 0.6) is 0 Å². The van der Waals surface area contributed by atoms with Crippen LogP contribution in [-0.2, 0) is 33.3 Å². The van der Waals surface area contributed by atoms with Crippen LogP contribution in [0.2, 0.25) is 0 Å². The Kier molecular flexibility index (Phi) is 14.9. The lowest BCUT2D eigenvalue weighted by atomic mass is 9.78. The standard InChI is InChI=1S/C37H67N3O9/c1-13-29(47-30(42)14-2)37(10)32(38-35(44)49-37)26(8)40(20-22(3)4)21-23(5)19-36(9)33(25(7)28(41)16-15-17-45-36)48-34-31(43)27(39(11)12)18-24(6)46-34/h22-27,29,31-34,43H,13-21H2,1-12H3,(H,38,44)/t23-,24?,25+,26-,27?,29-,31?,32-,33-,34+,36?,37-/m1/s1. The van der Waals surface area contributed by atoms with Crippen LogP contribution in [0, 0.1) is 17.8 Å². The quantitative estimate of drug-likeness (QED) is 0.234. The molecule has 0 aliphatic carbocycles. The van der Waals surface area contributed by atoms with E-state index in [0.717, 1.165) is 6.54 Å². The van der Waals surface area contributed by atoms with E-state index in [1.54, 1.807) is 6.92 Å². The molecule has 0 saturated carbocycles. The smallest absolute Gasteiger partial charge is 0.408 e. The maximum atomic E-state index is 13.4. The van der Waals surface area contributed by atoms with Crippen molar-refractivity contribution in [1.29, 1.82) is 0 Å². The zero-order chi connectivity index (χ0) is 36.8. The molecule has 4 unspecified atom stereocenters. The van der Waals surface area contributed by atoms with Crippen LogP contribution < -0.4 is 5.32 Å². The molecule has 12 nitrogen and oxygen atoms in total. The van der Waals surface area contributed by atoms with E-state index in [4.69, 9.17) is 23.7 Å². The number of Topliss-reactive ketones (excluding diaryl/α,β-unsaturated/α-hetero) is 1. The number of aliphatic hydroxyl groups excluding tert-OH is 1. The Morgan fingerprint density at radius 1 is 1.10 bits per heavy atom. The number of aliphatic hydroxyl groups is 1. The van der Waals surface area contributed by atoms with Crippen molar-refractivity contribution in [3.63, 3.8) is 0 Å². The molecule has 1 amide bonds. The van der Waals surface area contributed by atoms with Gasteiger partial charge in [-0.15, -0.1) is 0 Å². The number of hydrogen-bond acceptors (Lipinski definition) is 11. The summed E-state index contributed by atoms with van der Waals surface area (Å²) in [5.74, 6) is -0.260. The first kappa shape index (κ1) is 41.6. The van der Waals surface area contributed by atoms with Crippen LogP contribution in [-0.4, -0.2) is 127 Å². The van der Waals surface area contributed by atoms with Gasteiger partial charge in [0, 0.05) is 50.5 Å². The molecule has 0 aromatic heterocycles. The molecule has 0 aromatic rings.